The van der Waals surface area contributed by atoms with E-state index in [0.717, 1.165) is 17.3 Å². The Hall–Kier alpha value is -1.53. The van der Waals surface area contributed by atoms with Crippen molar-refractivity contribution in [2.75, 3.05) is 7.05 Å². The van der Waals surface area contributed by atoms with Crippen molar-refractivity contribution >= 4 is 46.1 Å². The summed E-state index contributed by atoms with van der Waals surface area (Å²) in [4.78, 5) is 28.3. The summed E-state index contributed by atoms with van der Waals surface area (Å²) in [6.45, 7) is 1.87. The molecule has 5 nitrogen and oxygen atoms in total. The standard InChI is InChI=1S/C13H13ClN2O3S/c1-7-3-4-8(5-9(7)14)15-13-16(2)11(17)6-10(20-13)12(18)19/h3-5,10H,6H2,1-2H3,(H,18,19)/p-1/t10-/m0/s1. The van der Waals surface area contributed by atoms with E-state index in [0.29, 0.717) is 15.9 Å². The number of aryl methyl sites for hydroxylation is 1. The van der Waals surface area contributed by atoms with Crippen molar-refractivity contribution in [2.45, 2.75) is 18.6 Å². The summed E-state index contributed by atoms with van der Waals surface area (Å²) in [7, 11) is 1.56. The maximum atomic E-state index is 11.7. The van der Waals surface area contributed by atoms with Gasteiger partial charge in [-0.25, -0.2) is 4.99 Å². The number of amides is 1. The summed E-state index contributed by atoms with van der Waals surface area (Å²) >= 11 is 7.02. The van der Waals surface area contributed by atoms with Gasteiger partial charge in [0.25, 0.3) is 0 Å². The Labute approximate surface area is 125 Å². The number of hydrogen-bond acceptors (Lipinski definition) is 5. The lowest BCUT2D eigenvalue weighted by molar-refractivity contribution is -0.304. The molecule has 1 aliphatic heterocycles. The van der Waals surface area contributed by atoms with Crippen molar-refractivity contribution in [1.29, 1.82) is 0 Å². The zero-order chi connectivity index (χ0) is 14.9. The van der Waals surface area contributed by atoms with Crippen molar-refractivity contribution in [3.8, 4) is 0 Å². The van der Waals surface area contributed by atoms with Gasteiger partial charge in [0, 0.05) is 18.5 Å². The van der Waals surface area contributed by atoms with Gasteiger partial charge < -0.3 is 9.90 Å². The number of halogens is 1. The first-order valence-electron chi connectivity index (χ1n) is 5.87. The maximum Gasteiger partial charge on any atom is 0.229 e. The highest BCUT2D eigenvalue weighted by Crippen LogP contribution is 2.29. The van der Waals surface area contributed by atoms with Crippen LogP contribution in [0.25, 0.3) is 0 Å². The number of amidine groups is 1. The summed E-state index contributed by atoms with van der Waals surface area (Å²) in [6.07, 6.45) is -0.0861. The first kappa shape index (κ1) is 14.9. The fraction of sp³-hybridized carbons (Fsp3) is 0.308. The summed E-state index contributed by atoms with van der Waals surface area (Å²) in [5.74, 6) is -1.55. The van der Waals surface area contributed by atoms with Crippen molar-refractivity contribution in [3.05, 3.63) is 28.8 Å². The molecule has 1 saturated heterocycles. The van der Waals surface area contributed by atoms with E-state index in [-0.39, 0.29) is 12.3 Å². The summed E-state index contributed by atoms with van der Waals surface area (Å²) in [5.41, 5.74) is 1.49. The third-order valence-electron chi connectivity index (χ3n) is 2.91. The molecule has 1 aromatic carbocycles. The van der Waals surface area contributed by atoms with Gasteiger partial charge in [-0.05, 0) is 24.6 Å². The number of benzene rings is 1. The third kappa shape index (κ3) is 3.13. The fourth-order valence-corrected chi connectivity index (χ4v) is 2.81. The average molecular weight is 312 g/mol. The molecule has 1 amide bonds. The van der Waals surface area contributed by atoms with Gasteiger partial charge in [0.15, 0.2) is 5.17 Å². The van der Waals surface area contributed by atoms with Crippen molar-refractivity contribution in [2.24, 2.45) is 4.99 Å². The molecule has 7 heteroatoms. The zero-order valence-electron chi connectivity index (χ0n) is 10.9. The predicted octanol–water partition coefficient (Wildman–Crippen LogP) is 1.35. The van der Waals surface area contributed by atoms with Crippen LogP contribution in [0.5, 0.6) is 0 Å². The van der Waals surface area contributed by atoms with E-state index in [9.17, 15) is 14.7 Å². The van der Waals surface area contributed by atoms with Gasteiger partial charge in [-0.15, -0.1) is 0 Å². The number of carbonyl (C=O) groups excluding carboxylic acids is 2. The Morgan fingerprint density at radius 1 is 1.55 bits per heavy atom. The van der Waals surface area contributed by atoms with Crippen molar-refractivity contribution < 1.29 is 14.7 Å². The van der Waals surface area contributed by atoms with Crippen LogP contribution in [-0.4, -0.2) is 34.2 Å². The Bertz CT molecular complexity index is 603. The third-order valence-corrected chi connectivity index (χ3v) is 4.54. The van der Waals surface area contributed by atoms with E-state index < -0.39 is 11.2 Å². The quantitative estimate of drug-likeness (QED) is 0.826. The molecule has 106 valence electrons. The number of rotatable bonds is 2. The van der Waals surface area contributed by atoms with Gasteiger partial charge in [-0.3, -0.25) is 9.69 Å². The Morgan fingerprint density at radius 3 is 2.85 bits per heavy atom. The van der Waals surface area contributed by atoms with Crippen molar-refractivity contribution in [3.63, 3.8) is 0 Å². The monoisotopic (exact) mass is 311 g/mol. The Balaban J connectivity index is 2.32. The minimum atomic E-state index is -1.26. The second kappa shape index (κ2) is 5.85. The van der Waals surface area contributed by atoms with Crippen LogP contribution in [-0.2, 0) is 9.59 Å². The SMILES string of the molecule is Cc1ccc(N=C2S[C@H](C(=O)[O-])CC(=O)N2C)cc1Cl. The highest BCUT2D eigenvalue weighted by Gasteiger charge is 2.30. The zero-order valence-corrected chi connectivity index (χ0v) is 12.5. The van der Waals surface area contributed by atoms with E-state index in [2.05, 4.69) is 4.99 Å². The summed E-state index contributed by atoms with van der Waals surface area (Å²) in [5, 5.41) is 10.9. The molecule has 0 aliphatic carbocycles. The number of hydrogen-bond donors (Lipinski definition) is 0. The van der Waals surface area contributed by atoms with Crippen LogP contribution in [0.3, 0.4) is 0 Å². The number of carbonyl (C=O) groups is 2. The largest absolute Gasteiger partial charge is 0.549 e. The minimum Gasteiger partial charge on any atom is -0.549 e. The number of carboxylic acids is 1. The molecule has 0 saturated carbocycles. The Morgan fingerprint density at radius 2 is 2.25 bits per heavy atom. The van der Waals surface area contributed by atoms with Crippen LogP contribution in [0.15, 0.2) is 23.2 Å². The lowest BCUT2D eigenvalue weighted by atomic mass is 10.2. The van der Waals surface area contributed by atoms with E-state index >= 15 is 0 Å². The number of carboxylic acid groups (broad SMARTS) is 1. The molecule has 1 aliphatic rings. The molecule has 0 radical (unpaired) electrons. The molecule has 0 spiro atoms. The highest BCUT2D eigenvalue weighted by molar-refractivity contribution is 8.15. The Kier molecular flexibility index (Phi) is 4.35. The molecule has 0 unspecified atom stereocenters. The maximum absolute atomic E-state index is 11.7. The number of nitrogens with zero attached hydrogens (tertiary/aromatic N) is 2. The minimum absolute atomic E-state index is 0.0861. The van der Waals surface area contributed by atoms with Crippen LogP contribution in [0.4, 0.5) is 5.69 Å². The topological polar surface area (TPSA) is 72.8 Å². The molecule has 1 aromatic rings. The first-order chi connectivity index (χ1) is 9.38. The first-order valence-corrected chi connectivity index (χ1v) is 7.13. The molecular weight excluding hydrogens is 300 g/mol. The fourth-order valence-electron chi connectivity index (χ4n) is 1.64. The second-order valence-electron chi connectivity index (χ2n) is 4.41. The summed E-state index contributed by atoms with van der Waals surface area (Å²) in [6, 6.07) is 5.24. The molecule has 2 rings (SSSR count). The normalized spacial score (nSPS) is 21.4. The van der Waals surface area contributed by atoms with Gasteiger partial charge in [-0.1, -0.05) is 29.4 Å². The van der Waals surface area contributed by atoms with Gasteiger partial charge in [0.2, 0.25) is 5.91 Å². The van der Waals surface area contributed by atoms with E-state index in [1.165, 1.54) is 4.90 Å². The molecule has 20 heavy (non-hydrogen) atoms. The molecule has 1 fully saturated rings. The predicted molar refractivity (Wildman–Crippen MR) is 77.1 cm³/mol. The molecular formula is C13H12ClN2O3S-. The van der Waals surface area contributed by atoms with E-state index in [1.807, 2.05) is 13.0 Å². The van der Waals surface area contributed by atoms with Crippen LogP contribution >= 0.6 is 23.4 Å². The number of aliphatic imine (C=N–C) groups is 1. The number of thioether (sulfide) groups is 1. The van der Waals surface area contributed by atoms with Crippen LogP contribution in [0.2, 0.25) is 5.02 Å². The van der Waals surface area contributed by atoms with Crippen LogP contribution < -0.4 is 5.11 Å². The smallest absolute Gasteiger partial charge is 0.229 e. The van der Waals surface area contributed by atoms with Gasteiger partial charge in [0.05, 0.1) is 16.9 Å². The van der Waals surface area contributed by atoms with E-state index in [4.69, 9.17) is 11.6 Å². The highest BCUT2D eigenvalue weighted by atomic mass is 35.5. The lowest BCUT2D eigenvalue weighted by Crippen LogP contribution is -2.45. The lowest BCUT2D eigenvalue weighted by Gasteiger charge is -2.29. The van der Waals surface area contributed by atoms with Crippen molar-refractivity contribution in [1.82, 2.24) is 4.90 Å². The average Bonchev–Trinajstić information content (AvgIpc) is 2.38. The molecule has 1 atom stereocenters. The van der Waals surface area contributed by atoms with Crippen LogP contribution in [0, 0.1) is 6.92 Å². The molecule has 0 bridgehead atoms. The second-order valence-corrected chi connectivity index (χ2v) is 5.99. The van der Waals surface area contributed by atoms with Gasteiger partial charge in [0.1, 0.15) is 0 Å². The van der Waals surface area contributed by atoms with Gasteiger partial charge in [-0.2, -0.15) is 0 Å². The summed E-state index contributed by atoms with van der Waals surface area (Å²) < 4.78 is 0. The number of aliphatic carboxylic acids is 1. The molecule has 0 aromatic heterocycles. The van der Waals surface area contributed by atoms with Gasteiger partial charge >= 0.3 is 0 Å². The molecule has 0 N–H and O–H groups in total. The van der Waals surface area contributed by atoms with E-state index in [1.54, 1.807) is 19.2 Å². The van der Waals surface area contributed by atoms with Crippen LogP contribution in [0.1, 0.15) is 12.0 Å². The molecule has 1 heterocycles.